The van der Waals surface area contributed by atoms with Crippen LogP contribution in [-0.4, -0.2) is 42.4 Å². The minimum Gasteiger partial charge on any atom is -0.427 e. The summed E-state index contributed by atoms with van der Waals surface area (Å²) in [6.45, 7) is 6.33. The molecule has 2 aromatic rings. The molecule has 0 atom stereocenters. The smallest absolute Gasteiger partial charge is 0.308 e. The lowest BCUT2D eigenvalue weighted by Gasteiger charge is -2.06. The number of esters is 1. The number of ether oxygens (including phenoxy) is 3. The molecule has 29 heavy (non-hydrogen) atoms. The number of carbonyl (C=O) groups is 1. The predicted molar refractivity (Wildman–Crippen MR) is 113 cm³/mol. The number of aromatic nitrogens is 2. The van der Waals surface area contributed by atoms with Gasteiger partial charge in [-0.3, -0.25) is 4.79 Å². The number of carbonyl (C=O) groups excluding carboxylic acids is 1. The molecule has 0 fully saturated rings. The molecule has 0 aliphatic carbocycles. The number of hydrogen-bond donors (Lipinski definition) is 0. The van der Waals surface area contributed by atoms with Crippen molar-refractivity contribution in [2.24, 2.45) is 0 Å². The highest BCUT2D eigenvalue weighted by Gasteiger charge is 2.03. The van der Waals surface area contributed by atoms with E-state index in [0.717, 1.165) is 49.4 Å². The second-order valence-corrected chi connectivity index (χ2v) is 6.83. The molecule has 0 amide bonds. The molecule has 0 aliphatic heterocycles. The van der Waals surface area contributed by atoms with Crippen LogP contribution in [0, 0.1) is 0 Å². The maximum Gasteiger partial charge on any atom is 0.308 e. The molecule has 158 valence electrons. The van der Waals surface area contributed by atoms with Gasteiger partial charge in [-0.1, -0.05) is 31.4 Å². The van der Waals surface area contributed by atoms with E-state index in [0.29, 0.717) is 19.0 Å². The first-order chi connectivity index (χ1) is 14.2. The third-order valence-electron chi connectivity index (χ3n) is 4.42. The Bertz CT molecular complexity index is 702. The highest BCUT2D eigenvalue weighted by molar-refractivity contribution is 5.70. The first-order valence-electron chi connectivity index (χ1n) is 10.4. The second-order valence-electron chi connectivity index (χ2n) is 6.83. The minimum absolute atomic E-state index is 0.323. The molecule has 1 heterocycles. The van der Waals surface area contributed by atoms with Gasteiger partial charge in [-0.25, -0.2) is 9.97 Å². The lowest BCUT2D eigenvalue weighted by atomic mass is 10.1. The predicted octanol–water partition coefficient (Wildman–Crippen LogP) is 4.62. The van der Waals surface area contributed by atoms with Gasteiger partial charge >= 0.3 is 5.97 Å². The number of unbranched alkanes of at least 4 members (excludes halogenated alkanes) is 4. The Labute approximate surface area is 173 Å². The fraction of sp³-hybridized carbons (Fsp3) is 0.522. The van der Waals surface area contributed by atoms with Crippen LogP contribution in [0.5, 0.6) is 5.75 Å². The van der Waals surface area contributed by atoms with Crippen LogP contribution in [0.1, 0.15) is 51.8 Å². The van der Waals surface area contributed by atoms with Crippen molar-refractivity contribution in [3.8, 4) is 16.9 Å². The van der Waals surface area contributed by atoms with Gasteiger partial charge in [0.05, 0.1) is 13.2 Å². The summed E-state index contributed by atoms with van der Waals surface area (Å²) in [7, 11) is 0. The van der Waals surface area contributed by atoms with Gasteiger partial charge in [0.15, 0.2) is 0 Å². The Hall–Kier alpha value is -2.31. The van der Waals surface area contributed by atoms with Crippen molar-refractivity contribution in [2.45, 2.75) is 52.4 Å². The highest BCUT2D eigenvalue weighted by Crippen LogP contribution is 2.21. The number of aryl methyl sites for hydroxylation is 1. The molecule has 0 saturated carbocycles. The fourth-order valence-corrected chi connectivity index (χ4v) is 2.90. The molecule has 0 spiro atoms. The van der Waals surface area contributed by atoms with Crippen LogP contribution in [0.25, 0.3) is 11.1 Å². The van der Waals surface area contributed by atoms with E-state index in [1.807, 2.05) is 31.5 Å². The summed E-state index contributed by atoms with van der Waals surface area (Å²) in [5.74, 6) is 1.09. The van der Waals surface area contributed by atoms with Gasteiger partial charge in [0.25, 0.3) is 0 Å². The van der Waals surface area contributed by atoms with Crippen molar-refractivity contribution in [1.82, 2.24) is 9.97 Å². The number of benzene rings is 1. The van der Waals surface area contributed by atoms with E-state index in [1.54, 1.807) is 12.1 Å². The monoisotopic (exact) mass is 400 g/mol. The third-order valence-corrected chi connectivity index (χ3v) is 4.42. The lowest BCUT2D eigenvalue weighted by Crippen LogP contribution is -2.04. The van der Waals surface area contributed by atoms with E-state index in [9.17, 15) is 4.79 Å². The van der Waals surface area contributed by atoms with Gasteiger partial charge in [0.2, 0.25) is 0 Å². The van der Waals surface area contributed by atoms with Crippen LogP contribution in [0.2, 0.25) is 0 Å². The fourth-order valence-electron chi connectivity index (χ4n) is 2.90. The van der Waals surface area contributed by atoms with Gasteiger partial charge in [0.1, 0.15) is 11.6 Å². The molecule has 6 heteroatoms. The molecule has 0 saturated heterocycles. The topological polar surface area (TPSA) is 70.5 Å². The Morgan fingerprint density at radius 1 is 0.828 bits per heavy atom. The number of rotatable bonds is 14. The summed E-state index contributed by atoms with van der Waals surface area (Å²) in [5.41, 5.74) is 1.95. The van der Waals surface area contributed by atoms with Gasteiger partial charge in [-0.05, 0) is 37.5 Å². The summed E-state index contributed by atoms with van der Waals surface area (Å²) >= 11 is 0. The average Bonchev–Trinajstić information content (AvgIpc) is 2.73. The number of hydrogen-bond acceptors (Lipinski definition) is 6. The number of nitrogens with zero attached hydrogens (tertiary/aromatic N) is 2. The lowest BCUT2D eigenvalue weighted by molar-refractivity contribution is -0.131. The quantitative estimate of drug-likeness (QED) is 0.262. The SMILES string of the molecule is CCOCCOCCCCCCCc1ncc(-c2ccc(OC(C)=O)cc2)cn1. The van der Waals surface area contributed by atoms with Crippen LogP contribution in [0.4, 0.5) is 0 Å². The maximum absolute atomic E-state index is 11.0. The molecule has 0 aliphatic rings. The van der Waals surface area contributed by atoms with Crippen LogP contribution < -0.4 is 4.74 Å². The molecule has 1 aromatic heterocycles. The molecule has 6 nitrogen and oxygen atoms in total. The van der Waals surface area contributed by atoms with Crippen LogP contribution in [-0.2, 0) is 20.7 Å². The first-order valence-corrected chi connectivity index (χ1v) is 10.4. The van der Waals surface area contributed by atoms with E-state index >= 15 is 0 Å². The Balaban J connectivity index is 1.60. The Morgan fingerprint density at radius 2 is 1.48 bits per heavy atom. The van der Waals surface area contributed by atoms with E-state index in [-0.39, 0.29) is 5.97 Å². The van der Waals surface area contributed by atoms with Gasteiger partial charge in [-0.2, -0.15) is 0 Å². The molecule has 0 bridgehead atoms. The third kappa shape index (κ3) is 9.63. The van der Waals surface area contributed by atoms with Gasteiger partial charge in [-0.15, -0.1) is 0 Å². The molecule has 0 N–H and O–H groups in total. The standard InChI is InChI=1S/C23H32N2O4/c1-3-27-15-16-28-14-8-6-4-5-7-9-23-24-17-21(18-25-23)20-10-12-22(13-11-20)29-19(2)26/h10-13,17-18H,3-9,14-16H2,1-2H3. The van der Waals surface area contributed by atoms with E-state index in [4.69, 9.17) is 14.2 Å². The van der Waals surface area contributed by atoms with Crippen molar-refractivity contribution in [2.75, 3.05) is 26.4 Å². The Morgan fingerprint density at radius 3 is 2.17 bits per heavy atom. The second kappa shape index (κ2) is 13.8. The zero-order chi connectivity index (χ0) is 20.7. The zero-order valence-electron chi connectivity index (χ0n) is 17.6. The summed E-state index contributed by atoms with van der Waals surface area (Å²) in [6, 6.07) is 7.34. The van der Waals surface area contributed by atoms with Crippen molar-refractivity contribution >= 4 is 5.97 Å². The van der Waals surface area contributed by atoms with E-state index < -0.39 is 0 Å². The summed E-state index contributed by atoms with van der Waals surface area (Å²) < 4.78 is 15.8. The van der Waals surface area contributed by atoms with Crippen LogP contribution in [0.3, 0.4) is 0 Å². The van der Waals surface area contributed by atoms with Crippen molar-refractivity contribution < 1.29 is 19.0 Å². The molecule has 2 rings (SSSR count). The molecule has 1 aromatic carbocycles. The van der Waals surface area contributed by atoms with Crippen molar-refractivity contribution in [3.63, 3.8) is 0 Å². The summed E-state index contributed by atoms with van der Waals surface area (Å²) in [4.78, 5) is 19.9. The van der Waals surface area contributed by atoms with E-state index in [1.165, 1.54) is 26.2 Å². The van der Waals surface area contributed by atoms with Crippen LogP contribution >= 0.6 is 0 Å². The van der Waals surface area contributed by atoms with Crippen molar-refractivity contribution in [3.05, 3.63) is 42.5 Å². The zero-order valence-corrected chi connectivity index (χ0v) is 17.6. The largest absolute Gasteiger partial charge is 0.427 e. The highest BCUT2D eigenvalue weighted by atomic mass is 16.5. The van der Waals surface area contributed by atoms with Crippen LogP contribution in [0.15, 0.2) is 36.7 Å². The minimum atomic E-state index is -0.323. The molecule has 0 radical (unpaired) electrons. The molecule has 0 unspecified atom stereocenters. The van der Waals surface area contributed by atoms with Crippen molar-refractivity contribution in [1.29, 1.82) is 0 Å². The summed E-state index contributed by atoms with van der Waals surface area (Å²) in [5, 5.41) is 0. The molecular formula is C23H32N2O4. The maximum atomic E-state index is 11.0. The van der Waals surface area contributed by atoms with Gasteiger partial charge in [0, 0.05) is 44.5 Å². The Kier molecular flexibility index (Phi) is 10.9. The average molecular weight is 401 g/mol. The summed E-state index contributed by atoms with van der Waals surface area (Å²) in [6.07, 6.45) is 10.4. The first kappa shape index (κ1) is 23.0. The van der Waals surface area contributed by atoms with Gasteiger partial charge < -0.3 is 14.2 Å². The normalized spacial score (nSPS) is 10.8. The molecular weight excluding hydrogens is 368 g/mol. The van der Waals surface area contributed by atoms with E-state index in [2.05, 4.69) is 9.97 Å².